The molecule has 0 saturated carbocycles. The van der Waals surface area contributed by atoms with Crippen molar-refractivity contribution in [2.45, 2.75) is 27.7 Å². The third kappa shape index (κ3) is 7.36. The van der Waals surface area contributed by atoms with Crippen LogP contribution in [0.3, 0.4) is 0 Å². The van der Waals surface area contributed by atoms with E-state index in [0.29, 0.717) is 5.75 Å². The van der Waals surface area contributed by atoms with Crippen LogP contribution in [0, 0.1) is 32.6 Å². The van der Waals surface area contributed by atoms with Crippen LogP contribution in [-0.2, 0) is 4.79 Å². The number of carbonyl (C=O) groups is 1. The smallest absolute Gasteiger partial charge is 0.186 e. The van der Waals surface area contributed by atoms with Crippen LogP contribution in [0.2, 0.25) is 0 Å². The largest absolute Gasteiger partial charge is 0.354 e. The summed E-state index contributed by atoms with van der Waals surface area (Å²) < 4.78 is 0. The molecule has 4 aromatic carbocycles. The van der Waals surface area contributed by atoms with Gasteiger partial charge in [-0.2, -0.15) is 0 Å². The molecule has 2 aliphatic heterocycles. The molecule has 58 heavy (non-hydrogen) atoms. The Kier molecular flexibility index (Phi) is 9.83. The fourth-order valence-electron chi connectivity index (χ4n) is 7.58. The maximum Gasteiger partial charge on any atom is 0.186 e. The molecule has 0 spiro atoms. The normalized spacial score (nSPS) is 11.7. The fraction of sp³-hybridized carbons (Fsp3) is 0.0962. The highest BCUT2D eigenvalue weighted by Gasteiger charge is 2.19. The molecule has 5 heterocycles. The van der Waals surface area contributed by atoms with Crippen LogP contribution in [0.5, 0.6) is 0 Å². The van der Waals surface area contributed by atoms with Crippen LogP contribution in [0.15, 0.2) is 121 Å². The van der Waals surface area contributed by atoms with E-state index < -0.39 is 0 Å². The molecule has 280 valence electrons. The van der Waals surface area contributed by atoms with Gasteiger partial charge in [-0.05, 0) is 104 Å². The lowest BCUT2D eigenvalue weighted by Crippen LogP contribution is -1.90. The predicted molar refractivity (Wildman–Crippen MR) is 245 cm³/mol. The summed E-state index contributed by atoms with van der Waals surface area (Å²) in [4.78, 5) is 29.9. The van der Waals surface area contributed by atoms with E-state index in [1.54, 1.807) is 6.92 Å². The second-order valence-electron chi connectivity index (χ2n) is 14.8. The number of aromatic amines is 2. The summed E-state index contributed by atoms with van der Waals surface area (Å²) in [6.07, 6.45) is 8.51. The zero-order chi connectivity index (χ0) is 39.8. The summed E-state index contributed by atoms with van der Waals surface area (Å²) in [5.41, 5.74) is 20.0. The highest BCUT2D eigenvalue weighted by molar-refractivity contribution is 8.13. The summed E-state index contributed by atoms with van der Waals surface area (Å²) >= 11 is 1.22. The molecule has 0 aliphatic carbocycles. The molecule has 7 aromatic rings. The monoisotopic (exact) mass is 768 g/mol. The highest BCUT2D eigenvalue weighted by atomic mass is 32.2. The summed E-state index contributed by atoms with van der Waals surface area (Å²) in [6, 6.07) is 42.9. The molecule has 0 atom stereocenters. The van der Waals surface area contributed by atoms with Crippen LogP contribution >= 0.6 is 11.8 Å². The van der Waals surface area contributed by atoms with E-state index in [-0.39, 0.29) is 5.12 Å². The maximum absolute atomic E-state index is 11.4. The predicted octanol–water partition coefficient (Wildman–Crippen LogP) is 12.9. The number of aryl methyl sites for hydroxylation is 3. The van der Waals surface area contributed by atoms with E-state index in [9.17, 15) is 4.79 Å². The van der Waals surface area contributed by atoms with Gasteiger partial charge in [0.05, 0.1) is 28.5 Å². The van der Waals surface area contributed by atoms with Crippen molar-refractivity contribution in [1.29, 1.82) is 0 Å². The highest BCUT2D eigenvalue weighted by Crippen LogP contribution is 2.38. The number of H-pyrrole nitrogens is 2. The first-order chi connectivity index (χ1) is 28.3. The minimum atomic E-state index is 0.0649. The second-order valence-corrected chi connectivity index (χ2v) is 15.9. The van der Waals surface area contributed by atoms with E-state index in [0.717, 1.165) is 94.9 Å². The molecule has 2 aliphatic rings. The fourth-order valence-corrected chi connectivity index (χ4v) is 7.92. The lowest BCUT2D eigenvalue weighted by Gasteiger charge is -2.07. The van der Waals surface area contributed by atoms with Gasteiger partial charge in [-0.3, -0.25) is 4.79 Å². The Bertz CT molecular complexity index is 2980. The van der Waals surface area contributed by atoms with Crippen LogP contribution in [0.4, 0.5) is 0 Å². The molecular weight excluding hydrogens is 729 g/mol. The number of fused-ring (bicyclic) bond motifs is 8. The number of nitrogens with one attached hydrogen (secondary N) is 2. The number of benzene rings is 4. The van der Waals surface area contributed by atoms with Crippen molar-refractivity contribution in [1.82, 2.24) is 19.9 Å². The number of hydrogen-bond donors (Lipinski definition) is 2. The molecule has 3 aromatic heterocycles. The van der Waals surface area contributed by atoms with Crippen molar-refractivity contribution < 1.29 is 4.79 Å². The Morgan fingerprint density at radius 3 is 1.10 bits per heavy atom. The number of hydrogen-bond acceptors (Lipinski definition) is 4. The van der Waals surface area contributed by atoms with Crippen LogP contribution < -0.4 is 0 Å². The second kappa shape index (κ2) is 15.5. The Labute approximate surface area is 342 Å². The van der Waals surface area contributed by atoms with E-state index in [1.807, 2.05) is 12.1 Å². The van der Waals surface area contributed by atoms with Crippen molar-refractivity contribution in [3.8, 4) is 56.3 Å². The van der Waals surface area contributed by atoms with Gasteiger partial charge in [-0.25, -0.2) is 9.97 Å². The van der Waals surface area contributed by atoms with E-state index in [4.69, 9.17) is 9.97 Å². The molecular formula is C52H40N4OS. The zero-order valence-electron chi connectivity index (χ0n) is 32.8. The molecule has 0 fully saturated rings. The summed E-state index contributed by atoms with van der Waals surface area (Å²) in [7, 11) is 0. The van der Waals surface area contributed by atoms with Crippen LogP contribution in [-0.4, -0.2) is 30.8 Å². The van der Waals surface area contributed by atoms with Gasteiger partial charge in [0.2, 0.25) is 0 Å². The minimum Gasteiger partial charge on any atom is -0.354 e. The van der Waals surface area contributed by atoms with Gasteiger partial charge in [0.25, 0.3) is 0 Å². The van der Waals surface area contributed by atoms with Gasteiger partial charge in [-0.1, -0.05) is 125 Å². The molecule has 6 heteroatoms. The minimum absolute atomic E-state index is 0.0649. The molecule has 2 N–H and O–H groups in total. The third-order valence-electron chi connectivity index (χ3n) is 10.5. The standard InChI is InChI=1S/C52H40N4OS/c1-32-7-15-37(16-8-32)49-41-23-25-43(53-41)50(38-17-9-33(2)10-18-38)45-27-29-47(55-45)52(40-21-13-36(14-22-40)6-5-31-58-35(4)57)48-30-28-46(56-48)51(44-26-24-42(49)54-44)39-19-11-34(3)12-20-39/h7-30,53,56H,31H2,1-4H3. The topological polar surface area (TPSA) is 74.4 Å². The van der Waals surface area contributed by atoms with Gasteiger partial charge < -0.3 is 9.97 Å². The van der Waals surface area contributed by atoms with Crippen molar-refractivity contribution >= 4 is 63.2 Å². The number of thioether (sulfide) groups is 1. The summed E-state index contributed by atoms with van der Waals surface area (Å²) in [5, 5.41) is 0.0649. The number of nitrogens with zero attached hydrogens (tertiary/aromatic N) is 2. The van der Waals surface area contributed by atoms with Crippen molar-refractivity contribution in [2.24, 2.45) is 0 Å². The van der Waals surface area contributed by atoms with Gasteiger partial charge in [0, 0.05) is 56.8 Å². The number of rotatable bonds is 5. The molecule has 0 unspecified atom stereocenters. The quantitative estimate of drug-likeness (QED) is 0.171. The molecule has 0 amide bonds. The first-order valence-electron chi connectivity index (χ1n) is 19.4. The Balaban J connectivity index is 1.38. The van der Waals surface area contributed by atoms with E-state index in [1.165, 1.54) is 28.5 Å². The first kappa shape index (κ1) is 36.7. The maximum atomic E-state index is 11.4. The molecule has 9 rings (SSSR count). The lowest BCUT2D eigenvalue weighted by atomic mass is 10.0. The van der Waals surface area contributed by atoms with Gasteiger partial charge in [0.1, 0.15) is 0 Å². The first-order valence-corrected chi connectivity index (χ1v) is 20.4. The average molecular weight is 769 g/mol. The Morgan fingerprint density at radius 2 is 0.793 bits per heavy atom. The number of carbonyl (C=O) groups excluding carboxylic acids is 1. The van der Waals surface area contributed by atoms with Crippen LogP contribution in [0.1, 0.15) is 52.0 Å². The van der Waals surface area contributed by atoms with Crippen molar-refractivity contribution in [3.05, 3.63) is 166 Å². The van der Waals surface area contributed by atoms with Crippen molar-refractivity contribution in [2.75, 3.05) is 5.75 Å². The zero-order valence-corrected chi connectivity index (χ0v) is 33.6. The van der Waals surface area contributed by atoms with Gasteiger partial charge in [0.15, 0.2) is 5.12 Å². The lowest BCUT2D eigenvalue weighted by molar-refractivity contribution is -0.109. The Morgan fingerprint density at radius 1 is 0.483 bits per heavy atom. The van der Waals surface area contributed by atoms with Crippen LogP contribution in [0.25, 0.3) is 90.9 Å². The van der Waals surface area contributed by atoms with Gasteiger partial charge >= 0.3 is 0 Å². The van der Waals surface area contributed by atoms with E-state index in [2.05, 4.69) is 176 Å². The molecule has 8 bridgehead atoms. The number of aromatic nitrogens is 4. The molecule has 0 radical (unpaired) electrons. The summed E-state index contributed by atoms with van der Waals surface area (Å²) in [5.74, 6) is 6.79. The summed E-state index contributed by atoms with van der Waals surface area (Å²) in [6.45, 7) is 7.90. The van der Waals surface area contributed by atoms with Gasteiger partial charge in [-0.15, -0.1) is 0 Å². The SMILES string of the molecule is CC(=O)SCC#Cc1ccc(-c2c3nc(c(-c4ccc(C)cc4)c4ccc([nH]4)c(-c4ccc(C)cc4)c4nc(c(-c5ccc(C)cc5)c5ccc2[nH]5)C=C4)C=C3)cc1. The average Bonchev–Trinajstić information content (AvgIpc) is 4.07. The Hall–Kier alpha value is -6.94. The molecule has 0 saturated heterocycles. The van der Waals surface area contributed by atoms with E-state index >= 15 is 0 Å². The van der Waals surface area contributed by atoms with Crippen molar-refractivity contribution in [3.63, 3.8) is 0 Å². The molecule has 5 nitrogen and oxygen atoms in total. The third-order valence-corrected chi connectivity index (χ3v) is 11.2.